The van der Waals surface area contributed by atoms with Gasteiger partial charge in [-0.15, -0.1) is 0 Å². The Balaban J connectivity index is 3.21. The first kappa shape index (κ1) is 9.19. The molecule has 1 nitrogen and oxygen atoms in total. The van der Waals surface area contributed by atoms with Gasteiger partial charge in [-0.2, -0.15) is 12.6 Å². The Bertz CT molecular complexity index is 292. The smallest absolute Gasteiger partial charge is 0.178 e. The molecule has 0 saturated carbocycles. The van der Waals surface area contributed by atoms with Crippen LogP contribution in [0.2, 0.25) is 0 Å². The van der Waals surface area contributed by atoms with Crippen molar-refractivity contribution in [2.24, 2.45) is 0 Å². The maximum Gasteiger partial charge on any atom is 0.178 e. The monoisotopic (exact) mass is 188 g/mol. The van der Waals surface area contributed by atoms with Crippen molar-refractivity contribution < 1.29 is 13.6 Å². The molecule has 0 aliphatic carbocycles. The second-order valence-corrected chi connectivity index (χ2v) is 2.49. The molecule has 1 rings (SSSR count). The zero-order valence-electron chi connectivity index (χ0n) is 6.05. The van der Waals surface area contributed by atoms with Crippen molar-refractivity contribution in [3.05, 3.63) is 35.4 Å². The minimum atomic E-state index is -0.839. The average Bonchev–Trinajstić information content (AvgIpc) is 2.03. The van der Waals surface area contributed by atoms with Crippen LogP contribution in [0.1, 0.15) is 10.4 Å². The lowest BCUT2D eigenvalue weighted by Gasteiger charge is -2.00. The molecule has 1 aromatic rings. The van der Waals surface area contributed by atoms with Gasteiger partial charge < -0.3 is 0 Å². The van der Waals surface area contributed by atoms with Gasteiger partial charge in [-0.1, -0.05) is 6.07 Å². The zero-order chi connectivity index (χ0) is 9.14. The van der Waals surface area contributed by atoms with Gasteiger partial charge in [-0.25, -0.2) is 8.78 Å². The summed E-state index contributed by atoms with van der Waals surface area (Å²) in [5.41, 5.74) is -0.507. The molecule has 0 saturated heterocycles. The third-order valence-electron chi connectivity index (χ3n) is 1.39. The number of hydrogen-bond acceptors (Lipinski definition) is 2. The van der Waals surface area contributed by atoms with Crippen LogP contribution in [0.5, 0.6) is 0 Å². The van der Waals surface area contributed by atoms with Crippen LogP contribution in [-0.2, 0) is 0 Å². The first-order valence-electron chi connectivity index (χ1n) is 3.25. The van der Waals surface area contributed by atoms with Crippen molar-refractivity contribution in [3.8, 4) is 0 Å². The van der Waals surface area contributed by atoms with Gasteiger partial charge >= 0.3 is 0 Å². The van der Waals surface area contributed by atoms with Crippen molar-refractivity contribution in [3.63, 3.8) is 0 Å². The third kappa shape index (κ3) is 1.64. The van der Waals surface area contributed by atoms with E-state index in [1.54, 1.807) is 0 Å². The van der Waals surface area contributed by atoms with Gasteiger partial charge in [0.05, 0.1) is 11.3 Å². The summed E-state index contributed by atoms with van der Waals surface area (Å²) in [4.78, 5) is 10.9. The molecule has 0 amide bonds. The van der Waals surface area contributed by atoms with Gasteiger partial charge in [0.25, 0.3) is 0 Å². The predicted molar refractivity (Wildman–Crippen MR) is 44.5 cm³/mol. The highest BCUT2D eigenvalue weighted by atomic mass is 32.1. The molecule has 4 heteroatoms. The molecule has 0 fully saturated rings. The second-order valence-electron chi connectivity index (χ2n) is 2.18. The van der Waals surface area contributed by atoms with Gasteiger partial charge in [-0.05, 0) is 12.1 Å². The van der Waals surface area contributed by atoms with E-state index in [-0.39, 0.29) is 5.75 Å². The van der Waals surface area contributed by atoms with Crippen LogP contribution in [0.15, 0.2) is 18.2 Å². The molecule has 0 unspecified atom stereocenters. The van der Waals surface area contributed by atoms with Gasteiger partial charge in [-0.3, -0.25) is 4.79 Å². The molecule has 0 atom stereocenters. The van der Waals surface area contributed by atoms with Crippen molar-refractivity contribution in [1.29, 1.82) is 0 Å². The summed E-state index contributed by atoms with van der Waals surface area (Å²) in [7, 11) is 0. The maximum absolute atomic E-state index is 12.8. The Labute approximate surface area is 73.8 Å². The number of halogens is 2. The van der Waals surface area contributed by atoms with Crippen LogP contribution in [-0.4, -0.2) is 11.5 Å². The first-order valence-corrected chi connectivity index (χ1v) is 3.88. The van der Waals surface area contributed by atoms with E-state index in [4.69, 9.17) is 0 Å². The first-order chi connectivity index (χ1) is 5.66. The highest BCUT2D eigenvalue weighted by molar-refractivity contribution is 7.81. The van der Waals surface area contributed by atoms with Crippen molar-refractivity contribution >= 4 is 18.4 Å². The zero-order valence-corrected chi connectivity index (χ0v) is 6.94. The minimum absolute atomic E-state index is 0.197. The number of hydrogen-bond donors (Lipinski definition) is 1. The summed E-state index contributed by atoms with van der Waals surface area (Å²) in [6.45, 7) is 0. The van der Waals surface area contributed by atoms with E-state index < -0.39 is 23.0 Å². The number of ketones is 1. The Hall–Kier alpha value is -0.900. The number of benzene rings is 1. The van der Waals surface area contributed by atoms with E-state index in [9.17, 15) is 13.6 Å². The molecule has 0 aliphatic rings. The quantitative estimate of drug-likeness (QED) is 0.555. The fourth-order valence-electron chi connectivity index (χ4n) is 0.843. The number of thiol groups is 1. The molecule has 0 aliphatic heterocycles. The van der Waals surface area contributed by atoms with E-state index in [2.05, 4.69) is 12.6 Å². The molecular formula is C8H6F2OS. The highest BCUT2D eigenvalue weighted by Crippen LogP contribution is 2.12. The van der Waals surface area contributed by atoms with Crippen molar-refractivity contribution in [1.82, 2.24) is 0 Å². The summed E-state index contributed by atoms with van der Waals surface area (Å²) in [5, 5.41) is 0. The molecule has 0 spiro atoms. The molecule has 0 heterocycles. The standard InChI is InChI=1S/C8H6F2OS/c9-5-2-1-3-6(10)8(5)7(11)4-12/h1-3,12H,4H2. The van der Waals surface area contributed by atoms with Gasteiger partial charge in [0.2, 0.25) is 0 Å². The summed E-state index contributed by atoms with van der Waals surface area (Å²) in [6, 6.07) is 3.29. The third-order valence-corrected chi connectivity index (χ3v) is 1.67. The molecule has 0 radical (unpaired) electrons. The number of Topliss-reactive ketones (excluding diaryl/α,β-unsaturated/α-hetero) is 1. The lowest BCUT2D eigenvalue weighted by atomic mass is 10.1. The lowest BCUT2D eigenvalue weighted by Crippen LogP contribution is -2.06. The maximum atomic E-state index is 12.8. The van der Waals surface area contributed by atoms with E-state index in [0.717, 1.165) is 12.1 Å². The fourth-order valence-corrected chi connectivity index (χ4v) is 1.00. The van der Waals surface area contributed by atoms with Crippen LogP contribution in [0, 0.1) is 11.6 Å². The fraction of sp³-hybridized carbons (Fsp3) is 0.125. The van der Waals surface area contributed by atoms with E-state index in [0.29, 0.717) is 0 Å². The highest BCUT2D eigenvalue weighted by Gasteiger charge is 2.14. The minimum Gasteiger partial charge on any atom is -0.293 e. The van der Waals surface area contributed by atoms with Crippen molar-refractivity contribution in [2.75, 3.05) is 5.75 Å². The second kappa shape index (κ2) is 3.67. The van der Waals surface area contributed by atoms with E-state index in [1.807, 2.05) is 0 Å². The molecule has 0 aromatic heterocycles. The average molecular weight is 188 g/mol. The molecular weight excluding hydrogens is 182 g/mol. The van der Waals surface area contributed by atoms with E-state index >= 15 is 0 Å². The molecule has 1 aromatic carbocycles. The van der Waals surface area contributed by atoms with Gasteiger partial charge in [0, 0.05) is 0 Å². The largest absolute Gasteiger partial charge is 0.293 e. The lowest BCUT2D eigenvalue weighted by molar-refractivity contribution is 0.101. The summed E-state index contributed by atoms with van der Waals surface area (Å²) in [6.07, 6.45) is 0. The predicted octanol–water partition coefficient (Wildman–Crippen LogP) is 2.08. The van der Waals surface area contributed by atoms with Gasteiger partial charge in [0.1, 0.15) is 11.6 Å². The molecule has 0 bridgehead atoms. The summed E-state index contributed by atoms with van der Waals surface area (Å²) >= 11 is 3.64. The molecule has 12 heavy (non-hydrogen) atoms. The Morgan fingerprint density at radius 2 is 1.83 bits per heavy atom. The normalized spacial score (nSPS) is 9.92. The number of carbonyl (C=O) groups is 1. The topological polar surface area (TPSA) is 17.1 Å². The van der Waals surface area contributed by atoms with Crippen LogP contribution in [0.4, 0.5) is 8.78 Å². The molecule has 64 valence electrons. The Morgan fingerprint density at radius 3 is 2.25 bits per heavy atom. The van der Waals surface area contributed by atoms with E-state index in [1.165, 1.54) is 6.07 Å². The van der Waals surface area contributed by atoms with Gasteiger partial charge in [0.15, 0.2) is 5.78 Å². The van der Waals surface area contributed by atoms with Crippen LogP contribution in [0.25, 0.3) is 0 Å². The SMILES string of the molecule is O=C(CS)c1c(F)cccc1F. The summed E-state index contributed by atoms with van der Waals surface area (Å²) in [5.74, 6) is -2.52. The molecule has 0 N–H and O–H groups in total. The van der Waals surface area contributed by atoms with Crippen LogP contribution >= 0.6 is 12.6 Å². The number of carbonyl (C=O) groups excluding carboxylic acids is 1. The van der Waals surface area contributed by atoms with Crippen LogP contribution in [0.3, 0.4) is 0 Å². The summed E-state index contributed by atoms with van der Waals surface area (Å²) < 4.78 is 25.6. The van der Waals surface area contributed by atoms with Crippen molar-refractivity contribution in [2.45, 2.75) is 0 Å². The number of rotatable bonds is 2. The Morgan fingerprint density at radius 1 is 1.33 bits per heavy atom. The van der Waals surface area contributed by atoms with Crippen LogP contribution < -0.4 is 0 Å². The Kier molecular flexibility index (Phi) is 2.81.